The Bertz CT molecular complexity index is 494. The van der Waals surface area contributed by atoms with Crippen molar-refractivity contribution in [1.29, 1.82) is 0 Å². The van der Waals surface area contributed by atoms with E-state index < -0.39 is 18.8 Å². The molecule has 0 aliphatic rings. The van der Waals surface area contributed by atoms with Crippen molar-refractivity contribution in [3.63, 3.8) is 0 Å². The Morgan fingerprint density at radius 1 is 1.17 bits per heavy atom. The standard InChI is InChI=1S/C15H21F4N3O/c1-22(11-15(17,18)19)10-4-8-20-14(23)21-9-7-12-5-2-3-6-13(12)16/h2-3,5-6H,4,7-11H2,1H3,(H2,20,21,23). The lowest BCUT2D eigenvalue weighted by Crippen LogP contribution is -2.38. The minimum Gasteiger partial charge on any atom is -0.338 e. The SMILES string of the molecule is CN(CCCNC(=O)NCCc1ccccc1F)CC(F)(F)F. The molecule has 23 heavy (non-hydrogen) atoms. The monoisotopic (exact) mass is 335 g/mol. The predicted octanol–water partition coefficient (Wildman–Crippen LogP) is 2.55. The lowest BCUT2D eigenvalue weighted by Gasteiger charge is -2.18. The molecule has 0 aliphatic carbocycles. The molecule has 1 rings (SSSR count). The highest BCUT2D eigenvalue weighted by atomic mass is 19.4. The molecule has 0 aromatic heterocycles. The Hall–Kier alpha value is -1.83. The molecule has 2 amide bonds. The van der Waals surface area contributed by atoms with Crippen LogP contribution in [0, 0.1) is 5.82 Å². The number of hydrogen-bond donors (Lipinski definition) is 2. The number of nitrogens with one attached hydrogen (secondary N) is 2. The predicted molar refractivity (Wildman–Crippen MR) is 79.7 cm³/mol. The summed E-state index contributed by atoms with van der Waals surface area (Å²) in [5, 5.41) is 5.12. The second kappa shape index (κ2) is 9.34. The van der Waals surface area contributed by atoms with Crippen LogP contribution < -0.4 is 10.6 Å². The molecule has 0 aliphatic heterocycles. The second-order valence-electron chi connectivity index (χ2n) is 5.23. The molecule has 0 saturated heterocycles. The van der Waals surface area contributed by atoms with E-state index in [1.165, 1.54) is 13.1 Å². The van der Waals surface area contributed by atoms with Crippen LogP contribution in [0.2, 0.25) is 0 Å². The van der Waals surface area contributed by atoms with Gasteiger partial charge in [-0.05, 0) is 38.1 Å². The summed E-state index contributed by atoms with van der Waals surface area (Å²) < 4.78 is 49.7. The lowest BCUT2D eigenvalue weighted by molar-refractivity contribution is -0.143. The minimum absolute atomic E-state index is 0.231. The number of urea groups is 1. The highest BCUT2D eigenvalue weighted by Gasteiger charge is 2.28. The summed E-state index contributed by atoms with van der Waals surface area (Å²) in [4.78, 5) is 12.6. The molecule has 4 nitrogen and oxygen atoms in total. The van der Waals surface area contributed by atoms with E-state index in [9.17, 15) is 22.4 Å². The largest absolute Gasteiger partial charge is 0.401 e. The van der Waals surface area contributed by atoms with Gasteiger partial charge in [-0.25, -0.2) is 9.18 Å². The summed E-state index contributed by atoms with van der Waals surface area (Å²) in [6.45, 7) is -0.189. The van der Waals surface area contributed by atoms with Crippen molar-refractivity contribution in [3.8, 4) is 0 Å². The third kappa shape index (κ3) is 9.02. The van der Waals surface area contributed by atoms with Crippen LogP contribution in [-0.4, -0.2) is 50.3 Å². The Morgan fingerprint density at radius 3 is 2.48 bits per heavy atom. The van der Waals surface area contributed by atoms with Crippen molar-refractivity contribution >= 4 is 6.03 Å². The van der Waals surface area contributed by atoms with E-state index in [-0.39, 0.29) is 25.5 Å². The van der Waals surface area contributed by atoms with Crippen molar-refractivity contribution in [1.82, 2.24) is 15.5 Å². The molecule has 0 fully saturated rings. The molecule has 8 heteroatoms. The number of benzene rings is 1. The number of rotatable bonds is 8. The molecule has 130 valence electrons. The van der Waals surface area contributed by atoms with Gasteiger partial charge in [-0.3, -0.25) is 4.90 Å². The van der Waals surface area contributed by atoms with E-state index in [0.717, 1.165) is 4.90 Å². The van der Waals surface area contributed by atoms with Crippen molar-refractivity contribution in [2.24, 2.45) is 0 Å². The van der Waals surface area contributed by atoms with Crippen molar-refractivity contribution in [2.45, 2.75) is 19.0 Å². The number of halogens is 4. The minimum atomic E-state index is -4.22. The molecule has 0 unspecified atom stereocenters. The highest BCUT2D eigenvalue weighted by molar-refractivity contribution is 5.73. The maximum absolute atomic E-state index is 13.3. The van der Waals surface area contributed by atoms with E-state index in [1.54, 1.807) is 18.2 Å². The van der Waals surface area contributed by atoms with Crippen LogP contribution >= 0.6 is 0 Å². The van der Waals surface area contributed by atoms with E-state index in [2.05, 4.69) is 10.6 Å². The molecule has 0 heterocycles. The van der Waals surface area contributed by atoms with Gasteiger partial charge in [0, 0.05) is 13.1 Å². The Labute approximate surface area is 132 Å². The van der Waals surface area contributed by atoms with Gasteiger partial charge < -0.3 is 10.6 Å². The third-order valence-corrected chi connectivity index (χ3v) is 3.09. The number of carbonyl (C=O) groups excluding carboxylic acids is 1. The molecule has 0 radical (unpaired) electrons. The van der Waals surface area contributed by atoms with Crippen LogP contribution in [0.3, 0.4) is 0 Å². The zero-order valence-corrected chi connectivity index (χ0v) is 12.9. The Kier molecular flexibility index (Phi) is 7.80. The van der Waals surface area contributed by atoms with E-state index >= 15 is 0 Å². The molecule has 1 aromatic rings. The molecule has 0 saturated carbocycles. The van der Waals surface area contributed by atoms with Gasteiger partial charge in [0.15, 0.2) is 0 Å². The summed E-state index contributed by atoms with van der Waals surface area (Å²) in [5.41, 5.74) is 0.515. The van der Waals surface area contributed by atoms with Gasteiger partial charge in [-0.15, -0.1) is 0 Å². The van der Waals surface area contributed by atoms with E-state index in [4.69, 9.17) is 0 Å². The van der Waals surface area contributed by atoms with Gasteiger partial charge in [-0.2, -0.15) is 13.2 Å². The number of amides is 2. The fraction of sp³-hybridized carbons (Fsp3) is 0.533. The molecular weight excluding hydrogens is 314 g/mol. The average molecular weight is 335 g/mol. The van der Waals surface area contributed by atoms with Crippen LogP contribution in [0.4, 0.5) is 22.4 Å². The fourth-order valence-corrected chi connectivity index (χ4v) is 2.01. The summed E-state index contributed by atoms with van der Waals surface area (Å²) in [7, 11) is 1.38. The second-order valence-corrected chi connectivity index (χ2v) is 5.23. The van der Waals surface area contributed by atoms with Crippen molar-refractivity contribution < 1.29 is 22.4 Å². The normalized spacial score (nSPS) is 11.6. The number of hydrogen-bond acceptors (Lipinski definition) is 2. The Balaban J connectivity index is 2.10. The van der Waals surface area contributed by atoms with Crippen LogP contribution in [0.25, 0.3) is 0 Å². The van der Waals surface area contributed by atoms with E-state index in [1.807, 2.05) is 0 Å². The Morgan fingerprint density at radius 2 is 1.83 bits per heavy atom. The van der Waals surface area contributed by atoms with Gasteiger partial charge in [-0.1, -0.05) is 18.2 Å². The zero-order valence-electron chi connectivity index (χ0n) is 12.9. The summed E-state index contributed by atoms with van der Waals surface area (Å²) in [5.74, 6) is -0.317. The van der Waals surface area contributed by atoms with Gasteiger partial charge in [0.1, 0.15) is 5.82 Å². The average Bonchev–Trinajstić information content (AvgIpc) is 2.44. The summed E-state index contributed by atoms with van der Waals surface area (Å²) in [6, 6.07) is 5.89. The molecule has 0 atom stereocenters. The molecule has 2 N–H and O–H groups in total. The highest BCUT2D eigenvalue weighted by Crippen LogP contribution is 2.15. The quantitative estimate of drug-likeness (QED) is 0.566. The molecule has 0 spiro atoms. The number of nitrogens with zero attached hydrogens (tertiary/aromatic N) is 1. The summed E-state index contributed by atoms with van der Waals surface area (Å²) in [6.07, 6.45) is -3.44. The zero-order chi connectivity index (χ0) is 17.3. The maximum atomic E-state index is 13.3. The first-order chi connectivity index (χ1) is 10.8. The first kappa shape index (κ1) is 19.2. The van der Waals surface area contributed by atoms with E-state index in [0.29, 0.717) is 18.4 Å². The first-order valence-corrected chi connectivity index (χ1v) is 7.28. The molecular formula is C15H21F4N3O. The summed E-state index contributed by atoms with van der Waals surface area (Å²) >= 11 is 0. The van der Waals surface area contributed by atoms with Crippen molar-refractivity contribution in [2.75, 3.05) is 33.2 Å². The first-order valence-electron chi connectivity index (χ1n) is 7.28. The lowest BCUT2D eigenvalue weighted by atomic mass is 10.1. The van der Waals surface area contributed by atoms with Gasteiger partial charge >= 0.3 is 12.2 Å². The topological polar surface area (TPSA) is 44.4 Å². The fourth-order valence-electron chi connectivity index (χ4n) is 2.01. The molecule has 1 aromatic carbocycles. The van der Waals surface area contributed by atoms with Crippen molar-refractivity contribution in [3.05, 3.63) is 35.6 Å². The number of carbonyl (C=O) groups is 1. The maximum Gasteiger partial charge on any atom is 0.401 e. The number of alkyl halides is 3. The van der Waals surface area contributed by atoms with Crippen LogP contribution in [-0.2, 0) is 6.42 Å². The van der Waals surface area contributed by atoms with Gasteiger partial charge in [0.2, 0.25) is 0 Å². The smallest absolute Gasteiger partial charge is 0.338 e. The van der Waals surface area contributed by atoms with Crippen LogP contribution in [0.1, 0.15) is 12.0 Å². The van der Waals surface area contributed by atoms with Crippen LogP contribution in [0.15, 0.2) is 24.3 Å². The molecule has 0 bridgehead atoms. The van der Waals surface area contributed by atoms with Crippen LogP contribution in [0.5, 0.6) is 0 Å². The third-order valence-electron chi connectivity index (χ3n) is 3.09. The van der Waals surface area contributed by atoms with Gasteiger partial charge in [0.05, 0.1) is 6.54 Å². The van der Waals surface area contributed by atoms with Gasteiger partial charge in [0.25, 0.3) is 0 Å².